The maximum atomic E-state index is 11.9. The standard InChI is InChI=1S/C12H23N3O.ClH/c1-3-15(4-2)12(16)9-14-7-10-5-13-6-11(10)8-14;/h10-11,13H,3-9H2,1-2H3;1H/t10-,11+;. The van der Waals surface area contributed by atoms with Crippen molar-refractivity contribution in [1.29, 1.82) is 0 Å². The monoisotopic (exact) mass is 261 g/mol. The van der Waals surface area contributed by atoms with E-state index in [1.807, 2.05) is 18.7 Å². The van der Waals surface area contributed by atoms with E-state index in [0.717, 1.165) is 51.1 Å². The van der Waals surface area contributed by atoms with Crippen molar-refractivity contribution in [3.8, 4) is 0 Å². The molecule has 17 heavy (non-hydrogen) atoms. The van der Waals surface area contributed by atoms with Gasteiger partial charge in [-0.1, -0.05) is 0 Å². The lowest BCUT2D eigenvalue weighted by Crippen LogP contribution is -2.40. The Hall–Kier alpha value is -0.320. The van der Waals surface area contributed by atoms with Crippen LogP contribution < -0.4 is 5.32 Å². The van der Waals surface area contributed by atoms with Crippen LogP contribution in [-0.4, -0.2) is 61.5 Å². The van der Waals surface area contributed by atoms with E-state index in [1.54, 1.807) is 0 Å². The van der Waals surface area contributed by atoms with Crippen LogP contribution in [0, 0.1) is 11.8 Å². The smallest absolute Gasteiger partial charge is 0.236 e. The molecule has 2 aliphatic rings. The molecule has 2 fully saturated rings. The van der Waals surface area contributed by atoms with Gasteiger partial charge in [0.2, 0.25) is 5.91 Å². The quantitative estimate of drug-likeness (QED) is 0.797. The predicted octanol–water partition coefficient (Wildman–Crippen LogP) is 0.428. The van der Waals surface area contributed by atoms with E-state index < -0.39 is 0 Å². The van der Waals surface area contributed by atoms with Crippen molar-refractivity contribution in [3.63, 3.8) is 0 Å². The van der Waals surface area contributed by atoms with Crippen LogP contribution in [0.25, 0.3) is 0 Å². The minimum atomic E-state index is 0. The average molecular weight is 262 g/mol. The third kappa shape index (κ3) is 3.33. The SMILES string of the molecule is CCN(CC)C(=O)CN1C[C@H]2CNC[C@H]2C1.Cl. The summed E-state index contributed by atoms with van der Waals surface area (Å²) in [6.07, 6.45) is 0. The number of carbonyl (C=O) groups is 1. The van der Waals surface area contributed by atoms with Crippen LogP contribution in [0.3, 0.4) is 0 Å². The number of carbonyl (C=O) groups excluding carboxylic acids is 1. The van der Waals surface area contributed by atoms with Crippen LogP contribution in [0.4, 0.5) is 0 Å². The summed E-state index contributed by atoms with van der Waals surface area (Å²) in [5.74, 6) is 1.85. The second kappa shape index (κ2) is 6.57. The zero-order valence-electron chi connectivity index (χ0n) is 10.8. The molecule has 0 spiro atoms. The van der Waals surface area contributed by atoms with Gasteiger partial charge in [0.05, 0.1) is 6.54 Å². The lowest BCUT2D eigenvalue weighted by Gasteiger charge is -2.23. The summed E-state index contributed by atoms with van der Waals surface area (Å²) in [7, 11) is 0. The molecule has 0 aromatic carbocycles. The van der Waals surface area contributed by atoms with Crippen LogP contribution in [0.5, 0.6) is 0 Å². The number of rotatable bonds is 4. The van der Waals surface area contributed by atoms with Crippen molar-refractivity contribution in [1.82, 2.24) is 15.1 Å². The first-order valence-corrected chi connectivity index (χ1v) is 6.45. The van der Waals surface area contributed by atoms with E-state index in [9.17, 15) is 4.79 Å². The normalized spacial score (nSPS) is 27.6. The number of hydrogen-bond acceptors (Lipinski definition) is 3. The minimum absolute atomic E-state index is 0. The van der Waals surface area contributed by atoms with Gasteiger partial charge in [-0.3, -0.25) is 9.69 Å². The highest BCUT2D eigenvalue weighted by atomic mass is 35.5. The van der Waals surface area contributed by atoms with Gasteiger partial charge >= 0.3 is 0 Å². The first kappa shape index (κ1) is 14.7. The molecule has 0 unspecified atom stereocenters. The first-order valence-electron chi connectivity index (χ1n) is 6.45. The Labute approximate surface area is 110 Å². The summed E-state index contributed by atoms with van der Waals surface area (Å²) < 4.78 is 0. The molecule has 0 saturated carbocycles. The van der Waals surface area contributed by atoms with Gasteiger partial charge in [-0.2, -0.15) is 0 Å². The summed E-state index contributed by atoms with van der Waals surface area (Å²) in [5.41, 5.74) is 0. The van der Waals surface area contributed by atoms with E-state index >= 15 is 0 Å². The summed E-state index contributed by atoms with van der Waals surface area (Å²) in [4.78, 5) is 16.2. The number of likely N-dealkylation sites (N-methyl/N-ethyl adjacent to an activating group) is 1. The Balaban J connectivity index is 0.00000144. The summed E-state index contributed by atoms with van der Waals surface area (Å²) in [6, 6.07) is 0. The molecule has 0 bridgehead atoms. The van der Waals surface area contributed by atoms with Crippen molar-refractivity contribution in [2.75, 3.05) is 45.8 Å². The predicted molar refractivity (Wildman–Crippen MR) is 71.5 cm³/mol. The van der Waals surface area contributed by atoms with Gasteiger partial charge in [0.15, 0.2) is 0 Å². The van der Waals surface area contributed by atoms with E-state index in [0.29, 0.717) is 6.54 Å². The molecule has 5 heteroatoms. The number of amides is 1. The number of nitrogens with one attached hydrogen (secondary N) is 1. The molecule has 0 aromatic rings. The zero-order chi connectivity index (χ0) is 11.5. The molecule has 2 saturated heterocycles. The Morgan fingerprint density at radius 1 is 1.24 bits per heavy atom. The highest BCUT2D eigenvalue weighted by molar-refractivity contribution is 5.85. The van der Waals surface area contributed by atoms with Crippen LogP contribution in [0.15, 0.2) is 0 Å². The molecular weight excluding hydrogens is 238 g/mol. The molecular formula is C12H24ClN3O. The lowest BCUT2D eigenvalue weighted by atomic mass is 10.0. The molecule has 0 aromatic heterocycles. The fourth-order valence-electron chi connectivity index (χ4n) is 2.95. The Bertz CT molecular complexity index is 246. The average Bonchev–Trinajstić information content (AvgIpc) is 2.79. The highest BCUT2D eigenvalue weighted by Gasteiger charge is 2.36. The number of fused-ring (bicyclic) bond motifs is 1. The van der Waals surface area contributed by atoms with E-state index in [2.05, 4.69) is 10.2 Å². The van der Waals surface area contributed by atoms with Crippen LogP contribution in [0.1, 0.15) is 13.8 Å². The van der Waals surface area contributed by atoms with Gasteiger partial charge in [0.1, 0.15) is 0 Å². The van der Waals surface area contributed by atoms with E-state index in [4.69, 9.17) is 0 Å². The first-order chi connectivity index (χ1) is 7.74. The molecule has 2 aliphatic heterocycles. The third-order valence-corrected chi connectivity index (χ3v) is 3.94. The molecule has 2 rings (SSSR count). The summed E-state index contributed by atoms with van der Waals surface area (Å²) in [6.45, 7) is 10.9. The number of likely N-dealkylation sites (tertiary alicyclic amines) is 1. The van der Waals surface area contributed by atoms with Crippen LogP contribution in [0.2, 0.25) is 0 Å². The zero-order valence-corrected chi connectivity index (χ0v) is 11.6. The Morgan fingerprint density at radius 2 is 1.76 bits per heavy atom. The number of nitrogens with zero attached hydrogens (tertiary/aromatic N) is 2. The van der Waals surface area contributed by atoms with E-state index in [-0.39, 0.29) is 18.3 Å². The molecule has 1 amide bonds. The maximum absolute atomic E-state index is 11.9. The molecule has 4 nitrogen and oxygen atoms in total. The van der Waals surface area contributed by atoms with Crippen LogP contribution in [-0.2, 0) is 4.79 Å². The van der Waals surface area contributed by atoms with E-state index in [1.165, 1.54) is 0 Å². The second-order valence-electron chi connectivity index (χ2n) is 4.94. The van der Waals surface area contributed by atoms with Crippen LogP contribution >= 0.6 is 12.4 Å². The molecule has 0 aliphatic carbocycles. The van der Waals surface area contributed by atoms with Crippen molar-refractivity contribution in [2.45, 2.75) is 13.8 Å². The van der Waals surface area contributed by atoms with Gasteiger partial charge in [0, 0.05) is 26.2 Å². The third-order valence-electron chi connectivity index (χ3n) is 3.94. The lowest BCUT2D eigenvalue weighted by molar-refractivity contribution is -0.131. The number of hydrogen-bond donors (Lipinski definition) is 1. The fraction of sp³-hybridized carbons (Fsp3) is 0.917. The molecule has 2 heterocycles. The summed E-state index contributed by atoms with van der Waals surface area (Å²) in [5, 5.41) is 3.42. The van der Waals surface area contributed by atoms with Gasteiger partial charge in [0.25, 0.3) is 0 Å². The summed E-state index contributed by atoms with van der Waals surface area (Å²) >= 11 is 0. The maximum Gasteiger partial charge on any atom is 0.236 e. The Morgan fingerprint density at radius 3 is 2.24 bits per heavy atom. The largest absolute Gasteiger partial charge is 0.342 e. The van der Waals surface area contributed by atoms with Crippen molar-refractivity contribution in [2.24, 2.45) is 11.8 Å². The number of halogens is 1. The molecule has 0 radical (unpaired) electrons. The Kier molecular flexibility index (Phi) is 5.70. The molecule has 100 valence electrons. The van der Waals surface area contributed by atoms with Crippen molar-refractivity contribution >= 4 is 18.3 Å². The van der Waals surface area contributed by atoms with Gasteiger partial charge in [-0.05, 0) is 38.8 Å². The van der Waals surface area contributed by atoms with Gasteiger partial charge in [-0.15, -0.1) is 12.4 Å². The molecule has 1 N–H and O–H groups in total. The van der Waals surface area contributed by atoms with Gasteiger partial charge < -0.3 is 10.2 Å². The topological polar surface area (TPSA) is 35.6 Å². The fourth-order valence-corrected chi connectivity index (χ4v) is 2.95. The highest BCUT2D eigenvalue weighted by Crippen LogP contribution is 2.25. The van der Waals surface area contributed by atoms with Crippen molar-refractivity contribution < 1.29 is 4.79 Å². The minimum Gasteiger partial charge on any atom is -0.342 e. The van der Waals surface area contributed by atoms with Crippen molar-refractivity contribution in [3.05, 3.63) is 0 Å². The molecule has 2 atom stereocenters. The second-order valence-corrected chi connectivity index (χ2v) is 4.94. The van der Waals surface area contributed by atoms with Gasteiger partial charge in [-0.25, -0.2) is 0 Å².